The summed E-state index contributed by atoms with van der Waals surface area (Å²) in [6.07, 6.45) is 1.99. The molecule has 3 unspecified atom stereocenters. The first kappa shape index (κ1) is 18.1. The molecule has 5 heteroatoms. The van der Waals surface area contributed by atoms with Crippen LogP contribution >= 0.6 is 0 Å². The predicted molar refractivity (Wildman–Crippen MR) is 88.4 cm³/mol. The first-order valence-corrected chi connectivity index (χ1v) is 9.02. The van der Waals surface area contributed by atoms with E-state index in [1.54, 1.807) is 6.26 Å². The second kappa shape index (κ2) is 9.18. The van der Waals surface area contributed by atoms with Gasteiger partial charge in [-0.3, -0.25) is 4.21 Å². The van der Waals surface area contributed by atoms with Gasteiger partial charge < -0.3 is 15.2 Å². The van der Waals surface area contributed by atoms with Gasteiger partial charge in [0, 0.05) is 35.4 Å². The number of benzene rings is 1. The number of aliphatic hydroxyl groups excluding tert-OH is 1. The molecule has 0 fully saturated rings. The minimum Gasteiger partial charge on any atom is -0.491 e. The van der Waals surface area contributed by atoms with E-state index in [2.05, 4.69) is 11.4 Å². The Balaban J connectivity index is 2.27. The van der Waals surface area contributed by atoms with E-state index in [0.29, 0.717) is 12.3 Å². The Labute approximate surface area is 130 Å². The molecule has 4 nitrogen and oxygen atoms in total. The van der Waals surface area contributed by atoms with Gasteiger partial charge in [-0.15, -0.1) is 0 Å². The highest BCUT2D eigenvalue weighted by molar-refractivity contribution is 7.84. The van der Waals surface area contributed by atoms with Crippen molar-refractivity contribution in [1.29, 1.82) is 0 Å². The first-order chi connectivity index (χ1) is 9.86. The molecule has 3 atom stereocenters. The molecule has 0 bridgehead atoms. The van der Waals surface area contributed by atoms with Crippen LogP contribution in [0.25, 0.3) is 0 Å². The van der Waals surface area contributed by atoms with Gasteiger partial charge >= 0.3 is 0 Å². The summed E-state index contributed by atoms with van der Waals surface area (Å²) >= 11 is 0. The van der Waals surface area contributed by atoms with Crippen LogP contribution in [0.1, 0.15) is 24.5 Å². The molecule has 0 radical (unpaired) electrons. The molecule has 2 N–H and O–H groups in total. The maximum Gasteiger partial charge on any atom is 0.119 e. The molecule has 1 aromatic rings. The molecule has 0 saturated carbocycles. The van der Waals surface area contributed by atoms with Crippen molar-refractivity contribution in [2.45, 2.75) is 39.3 Å². The van der Waals surface area contributed by atoms with Crippen LogP contribution in [0.5, 0.6) is 5.75 Å². The van der Waals surface area contributed by atoms with Gasteiger partial charge in [-0.1, -0.05) is 6.07 Å². The summed E-state index contributed by atoms with van der Waals surface area (Å²) in [6, 6.07) is 6.26. The van der Waals surface area contributed by atoms with E-state index in [0.717, 1.165) is 23.3 Å². The Morgan fingerprint density at radius 2 is 1.90 bits per heavy atom. The van der Waals surface area contributed by atoms with Crippen LogP contribution in [0.2, 0.25) is 0 Å². The molecule has 0 heterocycles. The van der Waals surface area contributed by atoms with Gasteiger partial charge in [0.2, 0.25) is 0 Å². The van der Waals surface area contributed by atoms with Crippen LogP contribution in [0.4, 0.5) is 0 Å². The van der Waals surface area contributed by atoms with Gasteiger partial charge in [-0.05, 0) is 50.5 Å². The first-order valence-electron chi connectivity index (χ1n) is 7.29. The molecule has 0 spiro atoms. The lowest BCUT2D eigenvalue weighted by Crippen LogP contribution is -2.37. The predicted octanol–water partition coefficient (Wildman–Crippen LogP) is 1.79. The van der Waals surface area contributed by atoms with Gasteiger partial charge in [-0.2, -0.15) is 0 Å². The fourth-order valence-electron chi connectivity index (χ4n) is 2.05. The third kappa shape index (κ3) is 8.19. The van der Waals surface area contributed by atoms with Gasteiger partial charge in [0.1, 0.15) is 18.5 Å². The lowest BCUT2D eigenvalue weighted by atomic mass is 10.1. The summed E-state index contributed by atoms with van der Waals surface area (Å²) in [7, 11) is -0.761. The normalized spacial score (nSPS) is 15.5. The molecule has 21 heavy (non-hydrogen) atoms. The third-order valence-corrected chi connectivity index (χ3v) is 3.99. The largest absolute Gasteiger partial charge is 0.491 e. The molecular formula is C16H27NO3S. The van der Waals surface area contributed by atoms with E-state index in [9.17, 15) is 9.32 Å². The van der Waals surface area contributed by atoms with Crippen molar-refractivity contribution in [1.82, 2.24) is 5.32 Å². The molecule has 1 aromatic carbocycles. The number of rotatable bonds is 9. The van der Waals surface area contributed by atoms with E-state index in [-0.39, 0.29) is 12.6 Å². The molecule has 0 aromatic heterocycles. The molecular weight excluding hydrogens is 286 g/mol. The van der Waals surface area contributed by atoms with E-state index >= 15 is 0 Å². The van der Waals surface area contributed by atoms with Crippen molar-refractivity contribution in [3.63, 3.8) is 0 Å². The molecule has 0 aliphatic carbocycles. The topological polar surface area (TPSA) is 58.6 Å². The smallest absolute Gasteiger partial charge is 0.119 e. The maximum atomic E-state index is 11.0. The van der Waals surface area contributed by atoms with Gasteiger partial charge in [0.25, 0.3) is 0 Å². The highest BCUT2D eigenvalue weighted by atomic mass is 32.2. The van der Waals surface area contributed by atoms with Crippen LogP contribution in [-0.2, 0) is 10.8 Å². The maximum absolute atomic E-state index is 11.0. The summed E-state index contributed by atoms with van der Waals surface area (Å²) in [6.45, 7) is 6.82. The number of hydrogen-bond donors (Lipinski definition) is 2. The second-order valence-corrected chi connectivity index (χ2v) is 7.22. The zero-order chi connectivity index (χ0) is 15.8. The van der Waals surface area contributed by atoms with Gasteiger partial charge in [0.15, 0.2) is 0 Å². The number of nitrogens with one attached hydrogen (secondary N) is 1. The lowest BCUT2D eigenvalue weighted by molar-refractivity contribution is 0.104. The Hall–Kier alpha value is -0.910. The number of aliphatic hydroxyl groups is 1. The SMILES string of the molecule is Cc1cc(C)cc(OCC(O)CNC(C)CCS(C)=O)c1. The monoisotopic (exact) mass is 313 g/mol. The van der Waals surface area contributed by atoms with Gasteiger partial charge in [0.05, 0.1) is 0 Å². The average molecular weight is 313 g/mol. The molecule has 0 aliphatic rings. The van der Waals surface area contributed by atoms with Crippen LogP contribution in [0.3, 0.4) is 0 Å². The van der Waals surface area contributed by atoms with Crippen LogP contribution in [0, 0.1) is 13.8 Å². The Morgan fingerprint density at radius 1 is 1.29 bits per heavy atom. The summed E-state index contributed by atoms with van der Waals surface area (Å²) in [5.74, 6) is 1.48. The fourth-order valence-corrected chi connectivity index (χ4v) is 2.74. The standard InChI is InChI=1S/C16H27NO3S/c1-12-7-13(2)9-16(8-12)20-11-15(18)10-17-14(3)5-6-21(4)19/h7-9,14-15,17-18H,5-6,10-11H2,1-4H3. The molecule has 0 saturated heterocycles. The Kier molecular flexibility index (Phi) is 7.93. The average Bonchev–Trinajstić information content (AvgIpc) is 2.39. The van der Waals surface area contributed by atoms with Crippen molar-refractivity contribution < 1.29 is 14.1 Å². The fraction of sp³-hybridized carbons (Fsp3) is 0.625. The van der Waals surface area contributed by atoms with Crippen molar-refractivity contribution in [2.24, 2.45) is 0 Å². The summed E-state index contributed by atoms with van der Waals surface area (Å²) in [5, 5.41) is 13.2. The number of aryl methyl sites for hydroxylation is 2. The van der Waals surface area contributed by atoms with Crippen molar-refractivity contribution >= 4 is 10.8 Å². The minimum absolute atomic E-state index is 0.241. The van der Waals surface area contributed by atoms with Crippen LogP contribution in [-0.4, -0.2) is 46.6 Å². The van der Waals surface area contributed by atoms with E-state index in [4.69, 9.17) is 4.74 Å². The molecule has 120 valence electrons. The van der Waals surface area contributed by atoms with Crippen molar-refractivity contribution in [3.05, 3.63) is 29.3 Å². The molecule has 1 rings (SSSR count). The van der Waals surface area contributed by atoms with E-state index < -0.39 is 16.9 Å². The van der Waals surface area contributed by atoms with Crippen molar-refractivity contribution in [2.75, 3.05) is 25.2 Å². The molecule has 0 amide bonds. The Morgan fingerprint density at radius 3 is 2.48 bits per heavy atom. The van der Waals surface area contributed by atoms with Gasteiger partial charge in [-0.25, -0.2) is 0 Å². The molecule has 0 aliphatic heterocycles. The Bertz CT molecular complexity index is 445. The van der Waals surface area contributed by atoms with E-state index in [1.165, 1.54) is 0 Å². The lowest BCUT2D eigenvalue weighted by Gasteiger charge is -2.17. The minimum atomic E-state index is -0.761. The zero-order valence-corrected chi connectivity index (χ0v) is 14.2. The second-order valence-electron chi connectivity index (χ2n) is 5.66. The highest BCUT2D eigenvalue weighted by Gasteiger charge is 2.09. The van der Waals surface area contributed by atoms with Crippen molar-refractivity contribution in [3.8, 4) is 5.75 Å². The summed E-state index contributed by atoms with van der Waals surface area (Å²) < 4.78 is 16.6. The quantitative estimate of drug-likeness (QED) is 0.730. The number of ether oxygens (including phenoxy) is 1. The number of hydrogen-bond acceptors (Lipinski definition) is 4. The summed E-state index contributed by atoms with van der Waals surface area (Å²) in [5.41, 5.74) is 2.30. The van der Waals surface area contributed by atoms with E-state index in [1.807, 2.05) is 32.9 Å². The van der Waals surface area contributed by atoms with Crippen LogP contribution in [0.15, 0.2) is 18.2 Å². The highest BCUT2D eigenvalue weighted by Crippen LogP contribution is 2.16. The summed E-state index contributed by atoms with van der Waals surface area (Å²) in [4.78, 5) is 0. The zero-order valence-electron chi connectivity index (χ0n) is 13.4. The van der Waals surface area contributed by atoms with Crippen LogP contribution < -0.4 is 10.1 Å². The third-order valence-electron chi connectivity index (χ3n) is 3.18.